The van der Waals surface area contributed by atoms with Crippen LogP contribution in [0.1, 0.15) is 25.5 Å². The van der Waals surface area contributed by atoms with E-state index in [4.69, 9.17) is 9.47 Å². The summed E-state index contributed by atoms with van der Waals surface area (Å²) in [7, 11) is 1.67. The predicted octanol–water partition coefficient (Wildman–Crippen LogP) is 2.13. The fourth-order valence-corrected chi connectivity index (χ4v) is 1.92. The Morgan fingerprint density at radius 3 is 2.93 bits per heavy atom. The van der Waals surface area contributed by atoms with Crippen LogP contribution in [0.2, 0.25) is 0 Å². The number of hydrogen-bond acceptors (Lipinski definition) is 3. The third-order valence-electron chi connectivity index (χ3n) is 2.53. The standard InChI is InChI=1S/C12H17NO2/c1-8(2)13-10-7-15-12-9(10)5-4-6-11(12)14-3/h4-6,8,10,13H,7H2,1-3H3. The molecule has 3 heteroatoms. The average Bonchev–Trinajstić information content (AvgIpc) is 2.61. The Morgan fingerprint density at radius 1 is 1.47 bits per heavy atom. The van der Waals surface area contributed by atoms with E-state index < -0.39 is 0 Å². The van der Waals surface area contributed by atoms with E-state index in [1.165, 1.54) is 5.56 Å². The fraction of sp³-hybridized carbons (Fsp3) is 0.500. The van der Waals surface area contributed by atoms with Gasteiger partial charge in [-0.1, -0.05) is 26.0 Å². The van der Waals surface area contributed by atoms with Gasteiger partial charge in [-0.3, -0.25) is 0 Å². The molecule has 82 valence electrons. The molecule has 0 aromatic heterocycles. The van der Waals surface area contributed by atoms with Crippen LogP contribution in [0.15, 0.2) is 18.2 Å². The Morgan fingerprint density at radius 2 is 2.27 bits per heavy atom. The number of methoxy groups -OCH3 is 1. The molecule has 0 amide bonds. The molecule has 1 heterocycles. The molecule has 1 aromatic carbocycles. The van der Waals surface area contributed by atoms with Gasteiger partial charge >= 0.3 is 0 Å². The van der Waals surface area contributed by atoms with Gasteiger partial charge in [-0.25, -0.2) is 0 Å². The highest BCUT2D eigenvalue weighted by Crippen LogP contribution is 2.39. The third kappa shape index (κ3) is 1.92. The van der Waals surface area contributed by atoms with Gasteiger partial charge in [0.15, 0.2) is 11.5 Å². The van der Waals surface area contributed by atoms with Crippen molar-refractivity contribution >= 4 is 0 Å². The zero-order valence-corrected chi connectivity index (χ0v) is 9.41. The zero-order chi connectivity index (χ0) is 10.8. The Bertz CT molecular complexity index is 349. The lowest BCUT2D eigenvalue weighted by molar-refractivity contribution is 0.289. The summed E-state index contributed by atoms with van der Waals surface area (Å²) in [6.07, 6.45) is 0. The van der Waals surface area contributed by atoms with Gasteiger partial charge in [0.1, 0.15) is 6.61 Å². The molecule has 0 spiro atoms. The minimum absolute atomic E-state index is 0.287. The first-order chi connectivity index (χ1) is 7.22. The van der Waals surface area contributed by atoms with Crippen molar-refractivity contribution in [2.24, 2.45) is 0 Å². The van der Waals surface area contributed by atoms with Gasteiger partial charge in [-0.15, -0.1) is 0 Å². The topological polar surface area (TPSA) is 30.5 Å². The van der Waals surface area contributed by atoms with Gasteiger partial charge in [0, 0.05) is 11.6 Å². The Kier molecular flexibility index (Phi) is 2.82. The van der Waals surface area contributed by atoms with Gasteiger partial charge in [-0.05, 0) is 6.07 Å². The average molecular weight is 207 g/mol. The van der Waals surface area contributed by atoms with E-state index in [1.807, 2.05) is 12.1 Å². The first-order valence-electron chi connectivity index (χ1n) is 5.28. The van der Waals surface area contributed by atoms with Crippen LogP contribution in [0, 0.1) is 0 Å². The lowest BCUT2D eigenvalue weighted by Crippen LogP contribution is -2.28. The summed E-state index contributed by atoms with van der Waals surface area (Å²) in [5.41, 5.74) is 1.20. The van der Waals surface area contributed by atoms with E-state index in [0.717, 1.165) is 11.5 Å². The minimum Gasteiger partial charge on any atom is -0.493 e. The van der Waals surface area contributed by atoms with Crippen LogP contribution in [0.3, 0.4) is 0 Å². The number of para-hydroxylation sites is 1. The molecule has 1 atom stereocenters. The summed E-state index contributed by atoms with van der Waals surface area (Å²) >= 11 is 0. The molecule has 0 bridgehead atoms. The van der Waals surface area contributed by atoms with Crippen LogP contribution >= 0.6 is 0 Å². The molecule has 1 unspecified atom stereocenters. The molecule has 3 nitrogen and oxygen atoms in total. The summed E-state index contributed by atoms with van der Waals surface area (Å²) < 4.78 is 10.9. The molecule has 0 saturated carbocycles. The van der Waals surface area contributed by atoms with Crippen LogP contribution in [0.5, 0.6) is 11.5 Å². The normalized spacial score (nSPS) is 18.8. The molecule has 0 aliphatic carbocycles. The summed E-state index contributed by atoms with van der Waals surface area (Å²) in [4.78, 5) is 0. The van der Waals surface area contributed by atoms with E-state index in [0.29, 0.717) is 12.6 Å². The van der Waals surface area contributed by atoms with Gasteiger partial charge in [0.05, 0.1) is 13.2 Å². The van der Waals surface area contributed by atoms with Crippen molar-refractivity contribution in [3.63, 3.8) is 0 Å². The number of rotatable bonds is 3. The molecular weight excluding hydrogens is 190 g/mol. The monoisotopic (exact) mass is 207 g/mol. The molecule has 1 aromatic rings. The number of ether oxygens (including phenoxy) is 2. The van der Waals surface area contributed by atoms with Crippen LogP contribution in [-0.4, -0.2) is 19.8 Å². The second-order valence-electron chi connectivity index (χ2n) is 4.06. The summed E-state index contributed by atoms with van der Waals surface area (Å²) in [6, 6.07) is 6.76. The third-order valence-corrected chi connectivity index (χ3v) is 2.53. The van der Waals surface area contributed by atoms with Crippen molar-refractivity contribution in [2.75, 3.05) is 13.7 Å². The lowest BCUT2D eigenvalue weighted by Gasteiger charge is -2.14. The molecule has 15 heavy (non-hydrogen) atoms. The van der Waals surface area contributed by atoms with E-state index >= 15 is 0 Å². The summed E-state index contributed by atoms with van der Waals surface area (Å²) in [5.74, 6) is 1.71. The largest absolute Gasteiger partial charge is 0.493 e. The van der Waals surface area contributed by atoms with E-state index in [-0.39, 0.29) is 6.04 Å². The maximum absolute atomic E-state index is 5.65. The van der Waals surface area contributed by atoms with Crippen molar-refractivity contribution < 1.29 is 9.47 Å². The summed E-state index contributed by atoms with van der Waals surface area (Å²) in [6.45, 7) is 4.96. The SMILES string of the molecule is COc1cccc2c1OCC2NC(C)C. The van der Waals surface area contributed by atoms with Crippen LogP contribution in [0.4, 0.5) is 0 Å². The van der Waals surface area contributed by atoms with Crippen molar-refractivity contribution in [2.45, 2.75) is 25.9 Å². The molecule has 2 rings (SSSR count). The lowest BCUT2D eigenvalue weighted by atomic mass is 10.1. The molecule has 1 aliphatic rings. The highest BCUT2D eigenvalue weighted by Gasteiger charge is 2.26. The minimum atomic E-state index is 0.287. The highest BCUT2D eigenvalue weighted by atomic mass is 16.5. The summed E-state index contributed by atoms with van der Waals surface area (Å²) in [5, 5.41) is 3.47. The second-order valence-corrected chi connectivity index (χ2v) is 4.06. The quantitative estimate of drug-likeness (QED) is 0.823. The molecule has 0 saturated heterocycles. The number of fused-ring (bicyclic) bond motifs is 1. The first-order valence-corrected chi connectivity index (χ1v) is 5.28. The smallest absolute Gasteiger partial charge is 0.166 e. The van der Waals surface area contributed by atoms with Gasteiger partial charge in [0.25, 0.3) is 0 Å². The van der Waals surface area contributed by atoms with Crippen molar-refractivity contribution in [3.05, 3.63) is 23.8 Å². The van der Waals surface area contributed by atoms with Gasteiger partial charge in [0.2, 0.25) is 0 Å². The Hall–Kier alpha value is -1.22. The predicted molar refractivity (Wildman–Crippen MR) is 59.5 cm³/mol. The molecule has 1 aliphatic heterocycles. The number of hydrogen-bond donors (Lipinski definition) is 1. The molecular formula is C12H17NO2. The van der Waals surface area contributed by atoms with Gasteiger partial charge in [-0.2, -0.15) is 0 Å². The molecule has 0 radical (unpaired) electrons. The zero-order valence-electron chi connectivity index (χ0n) is 9.41. The van der Waals surface area contributed by atoms with Crippen molar-refractivity contribution in [3.8, 4) is 11.5 Å². The maximum atomic E-state index is 5.65. The number of benzene rings is 1. The van der Waals surface area contributed by atoms with Crippen LogP contribution < -0.4 is 14.8 Å². The highest BCUT2D eigenvalue weighted by molar-refractivity contribution is 5.50. The maximum Gasteiger partial charge on any atom is 0.166 e. The van der Waals surface area contributed by atoms with Crippen molar-refractivity contribution in [1.82, 2.24) is 5.32 Å². The molecule has 1 N–H and O–H groups in total. The Balaban J connectivity index is 2.27. The number of nitrogens with one attached hydrogen (secondary N) is 1. The molecule has 0 fully saturated rings. The fourth-order valence-electron chi connectivity index (χ4n) is 1.92. The van der Waals surface area contributed by atoms with Gasteiger partial charge < -0.3 is 14.8 Å². The second kappa shape index (κ2) is 4.11. The Labute approximate surface area is 90.4 Å². The van der Waals surface area contributed by atoms with Crippen LogP contribution in [-0.2, 0) is 0 Å². The first kappa shape index (κ1) is 10.3. The van der Waals surface area contributed by atoms with E-state index in [9.17, 15) is 0 Å². The van der Waals surface area contributed by atoms with Crippen molar-refractivity contribution in [1.29, 1.82) is 0 Å². The van der Waals surface area contributed by atoms with Crippen LogP contribution in [0.25, 0.3) is 0 Å². The van der Waals surface area contributed by atoms with E-state index in [1.54, 1.807) is 7.11 Å². The van der Waals surface area contributed by atoms with E-state index in [2.05, 4.69) is 25.2 Å².